The lowest BCUT2D eigenvalue weighted by Crippen LogP contribution is -2.40. The number of hydrogen-bond acceptors (Lipinski definition) is 3. The Kier molecular flexibility index (Phi) is 5.25. The van der Waals surface area contributed by atoms with Crippen molar-refractivity contribution < 1.29 is 9.59 Å². The van der Waals surface area contributed by atoms with E-state index in [1.54, 1.807) is 23.1 Å². The number of benzene rings is 1. The standard InChI is InChI=1S/C18H16Cl2N2O3/c19-14-3-1-12(9-15(14)20)17(24)11-5-7-22(8-6-11)18(25)13-2-4-16(23)21-10-13/h1-4,9-11H,5-8H2,(H,21,23). The van der Waals surface area contributed by atoms with Gasteiger partial charge in [0, 0.05) is 36.8 Å². The van der Waals surface area contributed by atoms with Gasteiger partial charge in [-0.05, 0) is 37.1 Å². The van der Waals surface area contributed by atoms with Crippen molar-refractivity contribution in [1.82, 2.24) is 9.88 Å². The highest BCUT2D eigenvalue weighted by molar-refractivity contribution is 6.42. The van der Waals surface area contributed by atoms with Crippen molar-refractivity contribution in [3.63, 3.8) is 0 Å². The molecule has 1 N–H and O–H groups in total. The number of aromatic amines is 1. The van der Waals surface area contributed by atoms with E-state index in [1.165, 1.54) is 18.3 Å². The zero-order valence-electron chi connectivity index (χ0n) is 13.3. The van der Waals surface area contributed by atoms with E-state index in [-0.39, 0.29) is 23.2 Å². The minimum Gasteiger partial charge on any atom is -0.339 e. The lowest BCUT2D eigenvalue weighted by atomic mass is 9.88. The summed E-state index contributed by atoms with van der Waals surface area (Å²) in [6.07, 6.45) is 2.60. The van der Waals surface area contributed by atoms with Crippen LogP contribution in [0.2, 0.25) is 10.0 Å². The molecule has 2 aromatic rings. The molecule has 2 heterocycles. The number of nitrogens with zero attached hydrogens (tertiary/aromatic N) is 1. The maximum atomic E-state index is 12.6. The second-order valence-electron chi connectivity index (χ2n) is 6.00. The van der Waals surface area contributed by atoms with Gasteiger partial charge in [0.1, 0.15) is 0 Å². The van der Waals surface area contributed by atoms with Gasteiger partial charge in [0.2, 0.25) is 5.56 Å². The third-order valence-electron chi connectivity index (χ3n) is 4.39. The fraction of sp³-hybridized carbons (Fsp3) is 0.278. The number of hydrogen-bond donors (Lipinski definition) is 1. The number of ketones is 1. The van der Waals surface area contributed by atoms with Crippen molar-refractivity contribution in [3.05, 3.63) is 68.1 Å². The molecule has 1 saturated heterocycles. The zero-order valence-corrected chi connectivity index (χ0v) is 14.8. The highest BCUT2D eigenvalue weighted by Crippen LogP contribution is 2.27. The molecule has 5 nitrogen and oxygen atoms in total. The predicted molar refractivity (Wildman–Crippen MR) is 96.5 cm³/mol. The second kappa shape index (κ2) is 7.42. The number of nitrogens with one attached hydrogen (secondary N) is 1. The zero-order chi connectivity index (χ0) is 18.0. The third kappa shape index (κ3) is 3.94. The smallest absolute Gasteiger partial charge is 0.255 e. The van der Waals surface area contributed by atoms with Gasteiger partial charge in [0.15, 0.2) is 5.78 Å². The molecule has 0 radical (unpaired) electrons. The van der Waals surface area contributed by atoms with Crippen LogP contribution in [0.3, 0.4) is 0 Å². The number of pyridine rings is 1. The minimum absolute atomic E-state index is 0.0229. The molecule has 0 atom stereocenters. The van der Waals surface area contributed by atoms with Crippen molar-refractivity contribution in [2.75, 3.05) is 13.1 Å². The molecular weight excluding hydrogens is 363 g/mol. The van der Waals surface area contributed by atoms with Gasteiger partial charge in [0.05, 0.1) is 15.6 Å². The van der Waals surface area contributed by atoms with Crippen LogP contribution in [-0.2, 0) is 0 Å². The summed E-state index contributed by atoms with van der Waals surface area (Å²) in [6, 6.07) is 7.71. The van der Waals surface area contributed by atoms with Crippen LogP contribution < -0.4 is 5.56 Å². The molecule has 1 aromatic heterocycles. The third-order valence-corrected chi connectivity index (χ3v) is 5.13. The first kappa shape index (κ1) is 17.7. The van der Waals surface area contributed by atoms with Gasteiger partial charge in [-0.3, -0.25) is 14.4 Å². The van der Waals surface area contributed by atoms with Crippen LogP contribution >= 0.6 is 23.2 Å². The number of likely N-dealkylation sites (tertiary alicyclic amines) is 1. The van der Waals surface area contributed by atoms with Gasteiger partial charge in [-0.15, -0.1) is 0 Å². The van der Waals surface area contributed by atoms with E-state index < -0.39 is 0 Å². The maximum Gasteiger partial charge on any atom is 0.255 e. The average Bonchev–Trinajstić information content (AvgIpc) is 2.63. The van der Waals surface area contributed by atoms with E-state index in [2.05, 4.69) is 4.98 Å². The maximum absolute atomic E-state index is 12.6. The molecule has 1 aromatic carbocycles. The van der Waals surface area contributed by atoms with Crippen LogP contribution in [0.1, 0.15) is 33.6 Å². The largest absolute Gasteiger partial charge is 0.339 e. The van der Waals surface area contributed by atoms with Crippen molar-refractivity contribution in [2.24, 2.45) is 5.92 Å². The Hall–Kier alpha value is -2.11. The highest BCUT2D eigenvalue weighted by Gasteiger charge is 2.28. The molecule has 0 aliphatic carbocycles. The molecule has 0 spiro atoms. The number of carbonyl (C=O) groups is 2. The van der Waals surface area contributed by atoms with Crippen molar-refractivity contribution >= 4 is 34.9 Å². The van der Waals surface area contributed by atoms with Crippen LogP contribution in [-0.4, -0.2) is 34.7 Å². The molecule has 1 fully saturated rings. The number of piperidine rings is 1. The van der Waals surface area contributed by atoms with Crippen LogP contribution in [0.4, 0.5) is 0 Å². The number of halogens is 2. The first-order valence-corrected chi connectivity index (χ1v) is 8.68. The molecule has 0 bridgehead atoms. The fourth-order valence-electron chi connectivity index (χ4n) is 2.96. The Bertz CT molecular complexity index is 850. The number of aromatic nitrogens is 1. The number of amides is 1. The van der Waals surface area contributed by atoms with E-state index in [4.69, 9.17) is 23.2 Å². The summed E-state index contributed by atoms with van der Waals surface area (Å²) in [7, 11) is 0. The van der Waals surface area contributed by atoms with Gasteiger partial charge in [0.25, 0.3) is 5.91 Å². The molecule has 1 amide bonds. The summed E-state index contributed by atoms with van der Waals surface area (Å²) in [4.78, 5) is 40.3. The minimum atomic E-state index is -0.248. The summed E-state index contributed by atoms with van der Waals surface area (Å²) in [6.45, 7) is 0.991. The molecule has 1 aliphatic rings. The van der Waals surface area contributed by atoms with E-state index in [0.29, 0.717) is 47.1 Å². The van der Waals surface area contributed by atoms with Crippen molar-refractivity contribution in [3.8, 4) is 0 Å². The van der Waals surface area contributed by atoms with Gasteiger partial charge < -0.3 is 9.88 Å². The van der Waals surface area contributed by atoms with Crippen LogP contribution in [0, 0.1) is 5.92 Å². The number of carbonyl (C=O) groups excluding carboxylic acids is 2. The Morgan fingerprint density at radius 1 is 1.00 bits per heavy atom. The summed E-state index contributed by atoms with van der Waals surface area (Å²) < 4.78 is 0. The van der Waals surface area contributed by atoms with E-state index >= 15 is 0 Å². The van der Waals surface area contributed by atoms with Gasteiger partial charge in [-0.2, -0.15) is 0 Å². The van der Waals surface area contributed by atoms with Crippen LogP contribution in [0.15, 0.2) is 41.3 Å². The molecular formula is C18H16Cl2N2O3. The van der Waals surface area contributed by atoms with Gasteiger partial charge >= 0.3 is 0 Å². The summed E-state index contributed by atoms with van der Waals surface area (Å²) in [5.74, 6) is -0.261. The quantitative estimate of drug-likeness (QED) is 0.831. The SMILES string of the molecule is O=C(c1ccc(Cl)c(Cl)c1)C1CCN(C(=O)c2ccc(=O)[nH]c2)CC1. The van der Waals surface area contributed by atoms with Crippen molar-refractivity contribution in [1.29, 1.82) is 0 Å². The lowest BCUT2D eigenvalue weighted by Gasteiger charge is -2.31. The van der Waals surface area contributed by atoms with Crippen LogP contribution in [0.5, 0.6) is 0 Å². The van der Waals surface area contributed by atoms with Crippen molar-refractivity contribution in [2.45, 2.75) is 12.8 Å². The molecule has 130 valence electrons. The second-order valence-corrected chi connectivity index (χ2v) is 6.82. The van der Waals surface area contributed by atoms with Gasteiger partial charge in [-0.1, -0.05) is 23.2 Å². The Balaban J connectivity index is 1.64. The molecule has 1 aliphatic heterocycles. The predicted octanol–water partition coefficient (Wildman–Crippen LogP) is 3.42. The first-order chi connectivity index (χ1) is 12.0. The fourth-order valence-corrected chi connectivity index (χ4v) is 3.25. The Morgan fingerprint density at radius 2 is 1.68 bits per heavy atom. The monoisotopic (exact) mass is 378 g/mol. The average molecular weight is 379 g/mol. The Labute approximate surface area is 154 Å². The summed E-state index contributed by atoms with van der Waals surface area (Å²) in [5, 5.41) is 0.776. The van der Waals surface area contributed by atoms with Crippen LogP contribution in [0.25, 0.3) is 0 Å². The molecule has 7 heteroatoms. The number of Topliss-reactive ketones (excluding diaryl/α,β-unsaturated/α-hetero) is 1. The highest BCUT2D eigenvalue weighted by atomic mass is 35.5. The van der Waals surface area contributed by atoms with E-state index in [9.17, 15) is 14.4 Å². The van der Waals surface area contributed by atoms with E-state index in [0.717, 1.165) is 0 Å². The lowest BCUT2D eigenvalue weighted by molar-refractivity contribution is 0.0650. The Morgan fingerprint density at radius 3 is 2.28 bits per heavy atom. The number of rotatable bonds is 3. The summed E-state index contributed by atoms with van der Waals surface area (Å²) in [5.41, 5.74) is 0.733. The molecule has 0 saturated carbocycles. The molecule has 25 heavy (non-hydrogen) atoms. The summed E-state index contributed by atoms with van der Waals surface area (Å²) >= 11 is 11.9. The first-order valence-electron chi connectivity index (χ1n) is 7.93. The normalized spacial score (nSPS) is 15.2. The van der Waals surface area contributed by atoms with E-state index in [1.807, 2.05) is 0 Å². The number of H-pyrrole nitrogens is 1. The molecule has 0 unspecified atom stereocenters. The molecule has 3 rings (SSSR count). The topological polar surface area (TPSA) is 70.2 Å². The van der Waals surface area contributed by atoms with Gasteiger partial charge in [-0.25, -0.2) is 0 Å².